The lowest BCUT2D eigenvalue weighted by atomic mass is 9.68. The van der Waals surface area contributed by atoms with Gasteiger partial charge in [0.05, 0.1) is 5.92 Å². The Labute approximate surface area is 187 Å². The van der Waals surface area contributed by atoms with Gasteiger partial charge in [-0.25, -0.2) is 4.39 Å². The maximum atomic E-state index is 15.3. The number of halogens is 1. The third-order valence-corrected chi connectivity index (χ3v) is 8.40. The first-order valence-corrected chi connectivity index (χ1v) is 12.7. The van der Waals surface area contributed by atoms with E-state index in [2.05, 4.69) is 19.6 Å². The fraction of sp³-hybridized carbons (Fsp3) is 0.679. The van der Waals surface area contributed by atoms with E-state index in [4.69, 9.17) is 4.74 Å². The van der Waals surface area contributed by atoms with E-state index in [1.54, 1.807) is 0 Å². The van der Waals surface area contributed by atoms with Crippen LogP contribution >= 0.6 is 0 Å². The molecule has 1 unspecified atom stereocenters. The summed E-state index contributed by atoms with van der Waals surface area (Å²) in [6.45, 7) is 5.93. The number of ether oxygens (including phenoxy) is 1. The molecule has 1 aliphatic heterocycles. The van der Waals surface area contributed by atoms with Gasteiger partial charge in [0.2, 0.25) is 0 Å². The first-order chi connectivity index (χ1) is 15.1. The van der Waals surface area contributed by atoms with E-state index < -0.39 is 0 Å². The Morgan fingerprint density at radius 2 is 1.71 bits per heavy atom. The summed E-state index contributed by atoms with van der Waals surface area (Å²) in [5.41, 5.74) is 1.63. The van der Waals surface area contributed by atoms with Crippen molar-refractivity contribution in [1.29, 1.82) is 0 Å². The van der Waals surface area contributed by atoms with Gasteiger partial charge in [0, 0.05) is 0 Å². The van der Waals surface area contributed by atoms with E-state index in [0.717, 1.165) is 61.0 Å². The molecule has 170 valence electrons. The van der Waals surface area contributed by atoms with Crippen LogP contribution in [0.15, 0.2) is 24.8 Å². The lowest BCUT2D eigenvalue weighted by molar-refractivity contribution is -0.140. The molecule has 0 N–H and O–H groups in total. The van der Waals surface area contributed by atoms with Crippen molar-refractivity contribution >= 4 is 5.97 Å². The smallest absolute Gasteiger partial charge is 0.314 e. The zero-order valence-corrected chi connectivity index (χ0v) is 19.2. The monoisotopic (exact) mass is 426 g/mol. The average Bonchev–Trinajstić information content (AvgIpc) is 2.80. The number of fused-ring (bicyclic) bond motifs is 1. The second-order valence-corrected chi connectivity index (χ2v) is 10.3. The molecule has 2 fully saturated rings. The van der Waals surface area contributed by atoms with Crippen molar-refractivity contribution in [1.82, 2.24) is 0 Å². The SMILES string of the molecule is C=CCCC1CCC(C2CCC(c3ccc4c(c3F)OC(=O)C(CCC)C4)CC2)CC1. The highest BCUT2D eigenvalue weighted by atomic mass is 19.1. The minimum Gasteiger partial charge on any atom is -0.423 e. The highest BCUT2D eigenvalue weighted by Crippen LogP contribution is 2.46. The Hall–Kier alpha value is -1.64. The molecular weight excluding hydrogens is 387 g/mol. The van der Waals surface area contributed by atoms with E-state index >= 15 is 4.39 Å². The summed E-state index contributed by atoms with van der Waals surface area (Å²) in [7, 11) is 0. The van der Waals surface area contributed by atoms with Gasteiger partial charge in [0.15, 0.2) is 11.6 Å². The summed E-state index contributed by atoms with van der Waals surface area (Å²) in [6, 6.07) is 3.99. The van der Waals surface area contributed by atoms with Crippen molar-refractivity contribution < 1.29 is 13.9 Å². The standard InChI is InChI=1S/C28H39FO2/c1-3-5-7-19-8-10-20(11-9-19)21-12-14-22(15-13-21)25-17-16-23-18-24(6-4-2)28(30)31-27(23)26(25)29/h3,16-17,19-22,24H,1,4-15,18H2,2H3. The summed E-state index contributed by atoms with van der Waals surface area (Å²) in [6.07, 6.45) is 16.9. The highest BCUT2D eigenvalue weighted by Gasteiger charge is 2.35. The fourth-order valence-corrected chi connectivity index (χ4v) is 6.50. The second kappa shape index (κ2) is 10.3. The van der Waals surface area contributed by atoms with Crippen LogP contribution in [0, 0.1) is 29.5 Å². The van der Waals surface area contributed by atoms with Crippen molar-refractivity contribution in [3.8, 4) is 5.75 Å². The molecule has 3 heteroatoms. The van der Waals surface area contributed by atoms with E-state index in [0.29, 0.717) is 6.42 Å². The maximum Gasteiger partial charge on any atom is 0.314 e. The molecule has 3 aliphatic rings. The number of hydrogen-bond acceptors (Lipinski definition) is 2. The first-order valence-electron chi connectivity index (χ1n) is 12.7. The molecule has 0 bridgehead atoms. The molecule has 1 aromatic rings. The van der Waals surface area contributed by atoms with Crippen LogP contribution in [0.1, 0.15) is 101 Å². The average molecular weight is 427 g/mol. The third-order valence-electron chi connectivity index (χ3n) is 8.40. The minimum absolute atomic E-state index is 0.120. The van der Waals surface area contributed by atoms with Gasteiger partial charge < -0.3 is 4.74 Å². The molecule has 2 aliphatic carbocycles. The predicted molar refractivity (Wildman–Crippen MR) is 124 cm³/mol. The van der Waals surface area contributed by atoms with Crippen LogP contribution in [-0.4, -0.2) is 5.97 Å². The summed E-state index contributed by atoms with van der Waals surface area (Å²) in [4.78, 5) is 12.3. The zero-order chi connectivity index (χ0) is 21.8. The van der Waals surface area contributed by atoms with Gasteiger partial charge in [-0.2, -0.15) is 0 Å². The Morgan fingerprint density at radius 3 is 2.35 bits per heavy atom. The molecule has 2 saturated carbocycles. The molecule has 0 aromatic heterocycles. The third kappa shape index (κ3) is 5.07. The zero-order valence-electron chi connectivity index (χ0n) is 19.2. The normalized spacial score (nSPS) is 31.0. The summed E-state index contributed by atoms with van der Waals surface area (Å²) in [5.74, 6) is 2.41. The highest BCUT2D eigenvalue weighted by molar-refractivity contribution is 5.78. The summed E-state index contributed by atoms with van der Waals surface area (Å²) < 4.78 is 20.8. The van der Waals surface area contributed by atoms with Crippen LogP contribution in [0.2, 0.25) is 0 Å². The van der Waals surface area contributed by atoms with Crippen LogP contribution < -0.4 is 4.74 Å². The molecule has 0 saturated heterocycles. The van der Waals surface area contributed by atoms with E-state index in [9.17, 15) is 4.79 Å². The van der Waals surface area contributed by atoms with Crippen molar-refractivity contribution in [3.05, 3.63) is 41.7 Å². The molecule has 1 aromatic carbocycles. The van der Waals surface area contributed by atoms with Gasteiger partial charge >= 0.3 is 5.97 Å². The molecule has 4 rings (SSSR count). The van der Waals surface area contributed by atoms with Gasteiger partial charge in [-0.3, -0.25) is 4.79 Å². The Balaban J connectivity index is 1.34. The molecule has 0 spiro atoms. The Kier molecular flexibility index (Phi) is 7.51. The maximum absolute atomic E-state index is 15.3. The number of carbonyl (C=O) groups excluding carboxylic acids is 1. The number of carbonyl (C=O) groups is 1. The van der Waals surface area contributed by atoms with Gasteiger partial charge in [-0.15, -0.1) is 6.58 Å². The molecule has 2 nitrogen and oxygen atoms in total. The van der Waals surface area contributed by atoms with Crippen LogP contribution in [-0.2, 0) is 11.2 Å². The largest absolute Gasteiger partial charge is 0.423 e. The van der Waals surface area contributed by atoms with Crippen molar-refractivity contribution in [3.63, 3.8) is 0 Å². The molecule has 1 atom stereocenters. The summed E-state index contributed by atoms with van der Waals surface area (Å²) in [5, 5.41) is 0. The minimum atomic E-state index is -0.271. The van der Waals surface area contributed by atoms with Gasteiger partial charge in [0.25, 0.3) is 0 Å². The van der Waals surface area contributed by atoms with Gasteiger partial charge in [-0.05, 0) is 99.0 Å². The van der Waals surface area contributed by atoms with Crippen LogP contribution in [0.5, 0.6) is 5.75 Å². The first kappa shape index (κ1) is 22.6. The Morgan fingerprint density at radius 1 is 1.03 bits per heavy atom. The lowest BCUT2D eigenvalue weighted by Crippen LogP contribution is -2.29. The number of allylic oxidation sites excluding steroid dienone is 1. The number of rotatable bonds is 7. The second-order valence-electron chi connectivity index (χ2n) is 10.3. The van der Waals surface area contributed by atoms with Gasteiger partial charge in [-0.1, -0.05) is 44.4 Å². The lowest BCUT2D eigenvalue weighted by Gasteiger charge is -2.38. The van der Waals surface area contributed by atoms with E-state index in [1.807, 2.05) is 12.1 Å². The molecule has 1 heterocycles. The molecule has 0 amide bonds. The summed E-state index contributed by atoms with van der Waals surface area (Å²) >= 11 is 0. The molecular formula is C28H39FO2. The Bertz CT molecular complexity index is 769. The molecule has 0 radical (unpaired) electrons. The van der Waals surface area contributed by atoms with E-state index in [-0.39, 0.29) is 29.4 Å². The van der Waals surface area contributed by atoms with Gasteiger partial charge in [0.1, 0.15) is 0 Å². The number of esters is 1. The topological polar surface area (TPSA) is 26.3 Å². The van der Waals surface area contributed by atoms with Crippen molar-refractivity contribution in [2.24, 2.45) is 23.7 Å². The fourth-order valence-electron chi connectivity index (χ4n) is 6.50. The van der Waals surface area contributed by atoms with Crippen LogP contribution in [0.3, 0.4) is 0 Å². The number of hydrogen-bond donors (Lipinski definition) is 0. The van der Waals surface area contributed by atoms with Crippen molar-refractivity contribution in [2.45, 2.75) is 96.3 Å². The van der Waals surface area contributed by atoms with E-state index in [1.165, 1.54) is 44.9 Å². The number of benzene rings is 1. The van der Waals surface area contributed by atoms with Crippen molar-refractivity contribution in [2.75, 3.05) is 0 Å². The molecule has 31 heavy (non-hydrogen) atoms. The quantitative estimate of drug-likeness (QED) is 0.253. The van der Waals surface area contributed by atoms with Crippen LogP contribution in [0.4, 0.5) is 4.39 Å². The van der Waals surface area contributed by atoms with Crippen LogP contribution in [0.25, 0.3) is 0 Å². The predicted octanol–water partition coefficient (Wildman–Crippen LogP) is 7.75.